The summed E-state index contributed by atoms with van der Waals surface area (Å²) in [7, 11) is 0. The van der Waals surface area contributed by atoms with Gasteiger partial charge in [-0.05, 0) is 39.3 Å². The molecule has 0 saturated carbocycles. The van der Waals surface area contributed by atoms with Gasteiger partial charge in [-0.2, -0.15) is 0 Å². The molecule has 1 saturated heterocycles. The van der Waals surface area contributed by atoms with E-state index in [9.17, 15) is 13.6 Å². The van der Waals surface area contributed by atoms with E-state index < -0.39 is 11.6 Å². The van der Waals surface area contributed by atoms with Crippen LogP contribution < -0.4 is 10.9 Å². The molecule has 5 nitrogen and oxygen atoms in total. The fraction of sp³-hybridized carbons (Fsp3) is 0.600. The van der Waals surface area contributed by atoms with Gasteiger partial charge >= 0.3 is 0 Å². The lowest BCUT2D eigenvalue weighted by Crippen LogP contribution is -2.40. The Balaban J connectivity index is 2.16. The quantitative estimate of drug-likeness (QED) is 0.868. The highest BCUT2D eigenvalue weighted by molar-refractivity contribution is 5.77. The molecule has 1 unspecified atom stereocenters. The van der Waals surface area contributed by atoms with Gasteiger partial charge in [0.05, 0.1) is 16.9 Å². The van der Waals surface area contributed by atoms with Crippen molar-refractivity contribution < 1.29 is 8.78 Å². The van der Waals surface area contributed by atoms with Crippen LogP contribution in [0.15, 0.2) is 16.9 Å². The lowest BCUT2D eigenvalue weighted by molar-refractivity contribution is 0.174. The Hall–Kier alpha value is -1.86. The molecule has 0 radical (unpaired) electrons. The third-order valence-corrected chi connectivity index (χ3v) is 5.27. The first-order valence-electron chi connectivity index (χ1n) is 9.83. The molecule has 2 atom stereocenters. The number of halogens is 2. The van der Waals surface area contributed by atoms with Gasteiger partial charge < -0.3 is 5.32 Å². The van der Waals surface area contributed by atoms with Crippen LogP contribution in [0.3, 0.4) is 0 Å². The molecule has 27 heavy (non-hydrogen) atoms. The average molecular weight is 378 g/mol. The van der Waals surface area contributed by atoms with Gasteiger partial charge in [0.2, 0.25) is 0 Å². The maximum absolute atomic E-state index is 13.8. The van der Waals surface area contributed by atoms with E-state index >= 15 is 0 Å². The zero-order chi connectivity index (χ0) is 19.6. The first kappa shape index (κ1) is 19.9. The topological polar surface area (TPSA) is 50.2 Å². The maximum atomic E-state index is 13.8. The molecule has 0 amide bonds. The summed E-state index contributed by atoms with van der Waals surface area (Å²) < 4.78 is 29.0. The molecule has 148 valence electrons. The van der Waals surface area contributed by atoms with Gasteiger partial charge in [0.25, 0.3) is 5.56 Å². The van der Waals surface area contributed by atoms with Gasteiger partial charge in [-0.25, -0.2) is 13.8 Å². The molecule has 1 aromatic carbocycles. The van der Waals surface area contributed by atoms with Crippen molar-refractivity contribution in [2.45, 2.75) is 58.7 Å². The van der Waals surface area contributed by atoms with Crippen LogP contribution in [0.1, 0.15) is 51.9 Å². The lowest BCUT2D eigenvalue weighted by Gasteiger charge is -2.32. The zero-order valence-corrected chi connectivity index (χ0v) is 16.3. The Labute approximate surface area is 158 Å². The predicted molar refractivity (Wildman–Crippen MR) is 103 cm³/mol. The van der Waals surface area contributed by atoms with E-state index in [-0.39, 0.29) is 22.5 Å². The molecule has 1 fully saturated rings. The van der Waals surface area contributed by atoms with Crippen LogP contribution in [-0.2, 0) is 6.54 Å². The summed E-state index contributed by atoms with van der Waals surface area (Å²) in [6.45, 7) is 9.33. The van der Waals surface area contributed by atoms with E-state index in [1.165, 1.54) is 0 Å². The molecule has 2 heterocycles. The zero-order valence-electron chi connectivity index (χ0n) is 16.3. The largest absolute Gasteiger partial charge is 0.313 e. The summed E-state index contributed by atoms with van der Waals surface area (Å²) in [4.78, 5) is 20.0. The molecule has 3 rings (SSSR count). The molecule has 1 N–H and O–H groups in total. The second-order valence-electron chi connectivity index (χ2n) is 7.31. The second-order valence-corrected chi connectivity index (χ2v) is 7.31. The van der Waals surface area contributed by atoms with Crippen molar-refractivity contribution in [2.75, 3.05) is 19.6 Å². The third-order valence-electron chi connectivity index (χ3n) is 5.27. The van der Waals surface area contributed by atoms with Crippen LogP contribution in [0, 0.1) is 11.6 Å². The average Bonchev–Trinajstić information content (AvgIpc) is 2.85. The molecule has 1 aliphatic heterocycles. The monoisotopic (exact) mass is 378 g/mol. The number of nitrogens with one attached hydrogen (secondary N) is 1. The fourth-order valence-electron chi connectivity index (χ4n) is 3.96. The Morgan fingerprint density at radius 3 is 2.74 bits per heavy atom. The normalized spacial score (nSPS) is 20.0. The van der Waals surface area contributed by atoms with Crippen molar-refractivity contribution in [1.82, 2.24) is 19.8 Å². The van der Waals surface area contributed by atoms with E-state index in [1.807, 2.05) is 6.92 Å². The molecular formula is C20H28F2N4O. The van der Waals surface area contributed by atoms with Crippen molar-refractivity contribution in [3.8, 4) is 0 Å². The van der Waals surface area contributed by atoms with Crippen molar-refractivity contribution in [3.63, 3.8) is 0 Å². The smallest absolute Gasteiger partial charge is 0.261 e. The molecular weight excluding hydrogens is 350 g/mol. The van der Waals surface area contributed by atoms with Gasteiger partial charge in [-0.1, -0.05) is 13.3 Å². The van der Waals surface area contributed by atoms with E-state index in [1.54, 1.807) is 4.57 Å². The molecule has 0 spiro atoms. The van der Waals surface area contributed by atoms with Crippen LogP contribution in [-0.4, -0.2) is 40.1 Å². The van der Waals surface area contributed by atoms with Crippen molar-refractivity contribution in [3.05, 3.63) is 39.9 Å². The SMILES string of the molecule is CCCC(c1nc2cc(F)c(F)cc2c(=O)n1CC)N1CCCN[C@@H](C)C1. The summed E-state index contributed by atoms with van der Waals surface area (Å²) >= 11 is 0. The Morgan fingerprint density at radius 2 is 2.04 bits per heavy atom. The van der Waals surface area contributed by atoms with Crippen LogP contribution in [0.2, 0.25) is 0 Å². The first-order chi connectivity index (χ1) is 13.0. The van der Waals surface area contributed by atoms with Crippen LogP contribution in [0.25, 0.3) is 10.9 Å². The summed E-state index contributed by atoms with van der Waals surface area (Å²) in [6.07, 6.45) is 2.82. The van der Waals surface area contributed by atoms with Gasteiger partial charge in [0.1, 0.15) is 5.82 Å². The first-order valence-corrected chi connectivity index (χ1v) is 9.83. The minimum Gasteiger partial charge on any atom is -0.313 e. The predicted octanol–water partition coefficient (Wildman–Crippen LogP) is 3.22. The van der Waals surface area contributed by atoms with Gasteiger partial charge in [-0.3, -0.25) is 14.3 Å². The minimum atomic E-state index is -1.02. The van der Waals surface area contributed by atoms with Gasteiger partial charge in [0, 0.05) is 31.7 Å². The van der Waals surface area contributed by atoms with Crippen LogP contribution in [0.4, 0.5) is 8.78 Å². The standard InChI is InChI=1S/C20H28F2N4O/c1-4-7-18(25-9-6-8-23-13(3)12-25)19-24-17-11-16(22)15(21)10-14(17)20(27)26(19)5-2/h10-11,13,18,23H,4-9,12H2,1-3H3/t13-,18?/m0/s1. The number of hydrogen-bond donors (Lipinski definition) is 1. The van der Waals surface area contributed by atoms with Crippen molar-refractivity contribution in [2.24, 2.45) is 0 Å². The summed E-state index contributed by atoms with van der Waals surface area (Å²) in [5.74, 6) is -1.35. The number of fused-ring (bicyclic) bond motifs is 1. The molecule has 0 aliphatic carbocycles. The Bertz CT molecular complexity index is 867. The molecule has 0 bridgehead atoms. The van der Waals surface area contributed by atoms with E-state index in [0.29, 0.717) is 18.4 Å². The highest BCUT2D eigenvalue weighted by Gasteiger charge is 2.27. The second kappa shape index (κ2) is 8.44. The summed E-state index contributed by atoms with van der Waals surface area (Å²) in [5.41, 5.74) is -0.0841. The highest BCUT2D eigenvalue weighted by atomic mass is 19.2. The number of rotatable bonds is 5. The number of nitrogens with zero attached hydrogens (tertiary/aromatic N) is 3. The molecule has 7 heteroatoms. The van der Waals surface area contributed by atoms with Gasteiger partial charge in [-0.15, -0.1) is 0 Å². The number of hydrogen-bond acceptors (Lipinski definition) is 4. The lowest BCUT2D eigenvalue weighted by atomic mass is 10.1. The van der Waals surface area contributed by atoms with E-state index in [0.717, 1.165) is 51.0 Å². The minimum absolute atomic E-state index is 0.0254. The Kier molecular flexibility index (Phi) is 6.22. The molecule has 2 aromatic rings. The third kappa shape index (κ3) is 4.04. The maximum Gasteiger partial charge on any atom is 0.261 e. The number of benzene rings is 1. The number of aromatic nitrogens is 2. The van der Waals surface area contributed by atoms with Crippen molar-refractivity contribution >= 4 is 10.9 Å². The summed E-state index contributed by atoms with van der Waals surface area (Å²) in [6, 6.07) is 2.32. The van der Waals surface area contributed by atoms with E-state index in [2.05, 4.69) is 29.0 Å². The Morgan fingerprint density at radius 1 is 1.30 bits per heavy atom. The molecule has 1 aromatic heterocycles. The fourth-order valence-corrected chi connectivity index (χ4v) is 3.96. The molecule has 1 aliphatic rings. The van der Waals surface area contributed by atoms with Crippen molar-refractivity contribution in [1.29, 1.82) is 0 Å². The van der Waals surface area contributed by atoms with E-state index in [4.69, 9.17) is 0 Å². The summed E-state index contributed by atoms with van der Waals surface area (Å²) in [5, 5.41) is 3.61. The van der Waals surface area contributed by atoms with Crippen LogP contribution in [0.5, 0.6) is 0 Å². The van der Waals surface area contributed by atoms with Gasteiger partial charge in [0.15, 0.2) is 11.6 Å². The highest BCUT2D eigenvalue weighted by Crippen LogP contribution is 2.27. The van der Waals surface area contributed by atoms with Crippen LogP contribution >= 0.6 is 0 Å².